The molecule has 0 bridgehead atoms. The molecule has 1 saturated carbocycles. The highest BCUT2D eigenvalue weighted by atomic mass is 35.5. The van der Waals surface area contributed by atoms with Crippen LogP contribution in [-0.4, -0.2) is 4.98 Å². The van der Waals surface area contributed by atoms with E-state index in [1.165, 1.54) is 12.8 Å². The zero-order valence-corrected chi connectivity index (χ0v) is 8.10. The second-order valence-electron chi connectivity index (χ2n) is 3.41. The Kier molecular flexibility index (Phi) is 1.97. The first-order valence-electron chi connectivity index (χ1n) is 4.29. The minimum absolute atomic E-state index is 0.343. The number of hydrogen-bond donors (Lipinski definition) is 0. The Morgan fingerprint density at radius 1 is 1.62 bits per heavy atom. The quantitative estimate of drug-likeness (QED) is 0.642. The molecular formula is C10H9ClN2. The van der Waals surface area contributed by atoms with Crippen LogP contribution in [0.2, 0.25) is 5.15 Å². The van der Waals surface area contributed by atoms with E-state index < -0.39 is 0 Å². The van der Waals surface area contributed by atoms with Gasteiger partial charge in [0.1, 0.15) is 11.2 Å². The van der Waals surface area contributed by atoms with Gasteiger partial charge in [0.15, 0.2) is 0 Å². The number of pyridine rings is 1. The molecule has 0 aliphatic heterocycles. The van der Waals surface area contributed by atoms with Crippen molar-refractivity contribution in [3.8, 4) is 6.07 Å². The van der Waals surface area contributed by atoms with Gasteiger partial charge in [0.05, 0.1) is 5.56 Å². The molecular weight excluding hydrogens is 184 g/mol. The largest absolute Gasteiger partial charge is 0.239 e. The van der Waals surface area contributed by atoms with E-state index in [0.29, 0.717) is 16.6 Å². The van der Waals surface area contributed by atoms with E-state index in [9.17, 15) is 0 Å². The van der Waals surface area contributed by atoms with Gasteiger partial charge in [-0.25, -0.2) is 4.98 Å². The van der Waals surface area contributed by atoms with E-state index in [1.54, 1.807) is 0 Å². The van der Waals surface area contributed by atoms with E-state index in [-0.39, 0.29) is 0 Å². The molecule has 13 heavy (non-hydrogen) atoms. The lowest BCUT2D eigenvalue weighted by Gasteiger charge is -2.04. The van der Waals surface area contributed by atoms with Crippen molar-refractivity contribution in [1.29, 1.82) is 5.26 Å². The van der Waals surface area contributed by atoms with Crippen molar-refractivity contribution in [3.63, 3.8) is 0 Å². The smallest absolute Gasteiger partial charge is 0.147 e. The highest BCUT2D eigenvalue weighted by molar-refractivity contribution is 6.30. The average molecular weight is 193 g/mol. The summed E-state index contributed by atoms with van der Waals surface area (Å²) in [5.41, 5.74) is 2.64. The maximum Gasteiger partial charge on any atom is 0.147 e. The van der Waals surface area contributed by atoms with Crippen molar-refractivity contribution in [2.24, 2.45) is 0 Å². The summed E-state index contributed by atoms with van der Waals surface area (Å²) in [6.07, 6.45) is 2.41. The first-order chi connectivity index (χ1) is 6.22. The van der Waals surface area contributed by atoms with Crippen LogP contribution in [-0.2, 0) is 0 Å². The predicted molar refractivity (Wildman–Crippen MR) is 50.7 cm³/mol. The van der Waals surface area contributed by atoms with Gasteiger partial charge in [0.2, 0.25) is 0 Å². The van der Waals surface area contributed by atoms with Gasteiger partial charge in [0, 0.05) is 11.6 Å². The molecule has 2 nitrogen and oxygen atoms in total. The van der Waals surface area contributed by atoms with Gasteiger partial charge in [0.25, 0.3) is 0 Å². The van der Waals surface area contributed by atoms with Gasteiger partial charge >= 0.3 is 0 Å². The molecule has 0 radical (unpaired) electrons. The summed E-state index contributed by atoms with van der Waals surface area (Å²) in [4.78, 5) is 4.25. The Hall–Kier alpha value is -1.07. The molecule has 1 aromatic rings. The number of halogens is 1. The van der Waals surface area contributed by atoms with Crippen molar-refractivity contribution >= 4 is 11.6 Å². The molecule has 0 unspecified atom stereocenters. The summed E-state index contributed by atoms with van der Waals surface area (Å²) < 4.78 is 0. The lowest BCUT2D eigenvalue weighted by molar-refractivity contribution is 0.993. The molecule has 2 rings (SSSR count). The molecule has 0 aromatic carbocycles. The predicted octanol–water partition coefficient (Wildman–Crippen LogP) is 2.79. The fourth-order valence-electron chi connectivity index (χ4n) is 1.45. The van der Waals surface area contributed by atoms with Crippen LogP contribution < -0.4 is 0 Å². The van der Waals surface area contributed by atoms with Crippen molar-refractivity contribution in [1.82, 2.24) is 4.98 Å². The topological polar surface area (TPSA) is 36.7 Å². The number of aromatic nitrogens is 1. The van der Waals surface area contributed by atoms with E-state index in [1.807, 2.05) is 19.1 Å². The number of hydrogen-bond acceptors (Lipinski definition) is 2. The van der Waals surface area contributed by atoms with E-state index >= 15 is 0 Å². The third-order valence-corrected chi connectivity index (χ3v) is 2.58. The van der Waals surface area contributed by atoms with Gasteiger partial charge in [-0.1, -0.05) is 11.6 Å². The Morgan fingerprint density at radius 2 is 2.31 bits per heavy atom. The summed E-state index contributed by atoms with van der Waals surface area (Å²) in [5.74, 6) is 0.588. The molecule has 0 amide bonds. The Bertz CT molecular complexity index is 389. The Balaban J connectivity index is 2.50. The SMILES string of the molecule is Cc1cc(C#N)c(Cl)nc1C1CC1. The second-order valence-corrected chi connectivity index (χ2v) is 3.77. The summed E-state index contributed by atoms with van der Waals surface area (Å²) in [7, 11) is 0. The first-order valence-corrected chi connectivity index (χ1v) is 4.67. The zero-order chi connectivity index (χ0) is 9.42. The van der Waals surface area contributed by atoms with Crippen LogP contribution in [0.4, 0.5) is 0 Å². The third kappa shape index (κ3) is 1.52. The maximum atomic E-state index is 8.71. The monoisotopic (exact) mass is 192 g/mol. The molecule has 1 aliphatic carbocycles. The van der Waals surface area contributed by atoms with Crippen LogP contribution in [0.3, 0.4) is 0 Å². The minimum atomic E-state index is 0.343. The lowest BCUT2D eigenvalue weighted by atomic mass is 10.1. The fraction of sp³-hybridized carbons (Fsp3) is 0.400. The molecule has 0 N–H and O–H groups in total. The van der Waals surface area contributed by atoms with E-state index in [2.05, 4.69) is 4.98 Å². The lowest BCUT2D eigenvalue weighted by Crippen LogP contribution is -1.94. The van der Waals surface area contributed by atoms with Crippen LogP contribution in [0.15, 0.2) is 6.07 Å². The van der Waals surface area contributed by atoms with Crippen LogP contribution in [0, 0.1) is 18.3 Å². The molecule has 0 spiro atoms. The number of nitrogens with zero attached hydrogens (tertiary/aromatic N) is 2. The Labute approximate surface area is 82.2 Å². The molecule has 1 heterocycles. The van der Waals surface area contributed by atoms with E-state index in [4.69, 9.17) is 16.9 Å². The average Bonchev–Trinajstić information content (AvgIpc) is 2.91. The highest BCUT2D eigenvalue weighted by Crippen LogP contribution is 2.41. The van der Waals surface area contributed by atoms with Crippen LogP contribution in [0.25, 0.3) is 0 Å². The van der Waals surface area contributed by atoms with Crippen LogP contribution in [0.1, 0.15) is 35.6 Å². The molecule has 1 aliphatic rings. The van der Waals surface area contributed by atoms with Crippen molar-refractivity contribution < 1.29 is 0 Å². The molecule has 1 aromatic heterocycles. The molecule has 0 saturated heterocycles. The molecule has 1 fully saturated rings. The summed E-state index contributed by atoms with van der Waals surface area (Å²) in [6, 6.07) is 3.85. The molecule has 0 atom stereocenters. The first kappa shape index (κ1) is 8.52. The van der Waals surface area contributed by atoms with Crippen LogP contribution in [0.5, 0.6) is 0 Å². The summed E-state index contributed by atoms with van der Waals surface area (Å²) >= 11 is 5.84. The maximum absolute atomic E-state index is 8.71. The van der Waals surface area contributed by atoms with Gasteiger partial charge < -0.3 is 0 Å². The standard InChI is InChI=1S/C10H9ClN2/c1-6-4-8(5-12)10(11)13-9(6)7-2-3-7/h4,7H,2-3H2,1H3. The van der Waals surface area contributed by atoms with Crippen molar-refractivity contribution in [2.45, 2.75) is 25.7 Å². The normalized spacial score (nSPS) is 15.5. The molecule has 3 heteroatoms. The minimum Gasteiger partial charge on any atom is -0.239 e. The van der Waals surface area contributed by atoms with Gasteiger partial charge in [-0.2, -0.15) is 5.26 Å². The number of nitriles is 1. The fourth-order valence-corrected chi connectivity index (χ4v) is 1.64. The van der Waals surface area contributed by atoms with Gasteiger partial charge in [-0.3, -0.25) is 0 Å². The highest BCUT2D eigenvalue weighted by Gasteiger charge is 2.27. The zero-order valence-electron chi connectivity index (χ0n) is 7.34. The Morgan fingerprint density at radius 3 is 2.85 bits per heavy atom. The van der Waals surface area contributed by atoms with E-state index in [0.717, 1.165) is 11.3 Å². The number of aryl methyl sites for hydroxylation is 1. The molecule has 66 valence electrons. The number of rotatable bonds is 1. The summed E-state index contributed by atoms with van der Waals surface area (Å²) in [5, 5.41) is 9.06. The van der Waals surface area contributed by atoms with Gasteiger partial charge in [-0.05, 0) is 31.4 Å². The van der Waals surface area contributed by atoms with Crippen molar-refractivity contribution in [3.05, 3.63) is 28.0 Å². The van der Waals surface area contributed by atoms with Crippen LogP contribution >= 0.6 is 11.6 Å². The summed E-state index contributed by atoms with van der Waals surface area (Å²) in [6.45, 7) is 1.98. The third-order valence-electron chi connectivity index (χ3n) is 2.29. The van der Waals surface area contributed by atoms with Crippen molar-refractivity contribution in [2.75, 3.05) is 0 Å². The second kappa shape index (κ2) is 3.01. The van der Waals surface area contributed by atoms with Gasteiger partial charge in [-0.15, -0.1) is 0 Å².